The smallest absolute Gasteiger partial charge is 0.185 e. The number of hydrogen-bond donors (Lipinski definition) is 0. The molecule has 1 aromatic heterocycles. The molecular weight excluding hydrogens is 727 g/mol. The Bertz CT molecular complexity index is 3360. The largest absolute Gasteiger partial charge is 0.446 e. The fraction of sp³-hybridized carbons (Fsp3) is 0.0690. The summed E-state index contributed by atoms with van der Waals surface area (Å²) in [5, 5.41) is 2.16. The highest BCUT2D eigenvalue weighted by atomic mass is 16.3. The zero-order chi connectivity index (χ0) is 39.7. The van der Waals surface area contributed by atoms with Crippen LogP contribution in [0.25, 0.3) is 66.4 Å². The lowest BCUT2D eigenvalue weighted by Crippen LogP contribution is -2.26. The van der Waals surface area contributed by atoms with Crippen LogP contribution in [0.4, 0.5) is 17.1 Å². The van der Waals surface area contributed by atoms with Gasteiger partial charge in [0.15, 0.2) is 5.58 Å². The molecule has 13 rings (SSSR count). The Morgan fingerprint density at radius 1 is 0.433 bits per heavy atom. The van der Waals surface area contributed by atoms with Crippen LogP contribution in [-0.2, 0) is 10.8 Å². The van der Waals surface area contributed by atoms with E-state index in [0.717, 1.165) is 44.6 Å². The minimum atomic E-state index is -0.554. The predicted molar refractivity (Wildman–Crippen MR) is 245 cm³/mol. The molecule has 60 heavy (non-hydrogen) atoms. The summed E-state index contributed by atoms with van der Waals surface area (Å²) < 4.78 is 6.79. The second-order valence-corrected chi connectivity index (χ2v) is 17.0. The molecule has 1 spiro atoms. The van der Waals surface area contributed by atoms with Gasteiger partial charge in [-0.15, -0.1) is 0 Å². The lowest BCUT2D eigenvalue weighted by Gasteiger charge is -2.32. The van der Waals surface area contributed by atoms with Gasteiger partial charge in [-0.25, -0.2) is 0 Å². The first-order chi connectivity index (χ1) is 29.5. The van der Waals surface area contributed by atoms with Gasteiger partial charge in [-0.05, 0) is 127 Å². The third-order valence-electron chi connectivity index (χ3n) is 13.8. The molecule has 0 radical (unpaired) electrons. The van der Waals surface area contributed by atoms with E-state index in [1.54, 1.807) is 0 Å². The summed E-state index contributed by atoms with van der Waals surface area (Å²) in [7, 11) is 0. The van der Waals surface area contributed by atoms with E-state index in [1.165, 1.54) is 72.3 Å². The Kier molecular flexibility index (Phi) is 6.66. The van der Waals surface area contributed by atoms with Gasteiger partial charge in [0.1, 0.15) is 5.58 Å². The van der Waals surface area contributed by atoms with Crippen molar-refractivity contribution in [2.45, 2.75) is 24.7 Å². The number of fused-ring (bicyclic) bond motifs is 17. The summed E-state index contributed by atoms with van der Waals surface area (Å²) in [6.07, 6.45) is 0. The minimum Gasteiger partial charge on any atom is -0.446 e. The SMILES string of the molecule is CC1(C)c2ccccc2-c2ccc(N(c3ccc(-c4ccccc4)cc3)c3ccc4c(c3)C3(c5ccccc5-c5ccccc53)c3ccc5c(oc6c#cccc65)c3-4)cc21. The van der Waals surface area contributed by atoms with Crippen LogP contribution in [0, 0.1) is 12.1 Å². The van der Waals surface area contributed by atoms with Gasteiger partial charge in [0.25, 0.3) is 0 Å². The summed E-state index contributed by atoms with van der Waals surface area (Å²) in [5.41, 5.74) is 22.0. The molecule has 10 aromatic rings. The van der Waals surface area contributed by atoms with Crippen LogP contribution in [0.2, 0.25) is 0 Å². The number of benzene rings is 8. The average Bonchev–Trinajstić information content (AvgIpc) is 3.99. The first-order valence-corrected chi connectivity index (χ1v) is 20.8. The number of nitrogens with zero attached hydrogens (tertiary/aromatic N) is 1. The predicted octanol–water partition coefficient (Wildman–Crippen LogP) is 15.0. The van der Waals surface area contributed by atoms with Gasteiger partial charge >= 0.3 is 0 Å². The second-order valence-electron chi connectivity index (χ2n) is 17.0. The third-order valence-corrected chi connectivity index (χ3v) is 13.8. The van der Waals surface area contributed by atoms with E-state index in [1.807, 2.05) is 6.07 Å². The van der Waals surface area contributed by atoms with Crippen LogP contribution < -0.4 is 4.90 Å². The molecule has 2 heteroatoms. The standard InChI is InChI=1S/C58H37NO/c1-57(2)48-20-10-6-16-41(48)44-30-28-39(34-52(44)57)59(38-26-24-37(25-27-38)36-14-4-3-5-15-36)40-29-31-47-53(35-40)58(49-21-11-7-17-42(49)43-18-8-12-22-50(43)58)51-33-32-46-45-19-9-13-23-54(45)60-56(46)55(47)51/h3-12,14-22,24-35H,1-2H3. The van der Waals surface area contributed by atoms with Crippen LogP contribution in [0.3, 0.4) is 0 Å². The first kappa shape index (κ1) is 33.4. The minimum absolute atomic E-state index is 0.140. The highest BCUT2D eigenvalue weighted by Gasteiger charge is 2.52. The third kappa shape index (κ3) is 4.29. The fourth-order valence-corrected chi connectivity index (χ4v) is 11.1. The molecule has 2 nitrogen and oxygen atoms in total. The normalized spacial score (nSPS) is 14.3. The molecule has 0 fully saturated rings. The maximum Gasteiger partial charge on any atom is 0.185 e. The van der Waals surface area contributed by atoms with Crippen LogP contribution in [-0.4, -0.2) is 0 Å². The van der Waals surface area contributed by atoms with Crippen molar-refractivity contribution in [1.82, 2.24) is 0 Å². The molecule has 3 aliphatic carbocycles. The maximum absolute atomic E-state index is 6.79. The van der Waals surface area contributed by atoms with Gasteiger partial charge in [-0.2, -0.15) is 0 Å². The number of rotatable bonds is 4. The molecular formula is C58H37NO. The van der Waals surface area contributed by atoms with Crippen molar-refractivity contribution in [2.24, 2.45) is 0 Å². The van der Waals surface area contributed by atoms with Gasteiger partial charge in [-0.3, -0.25) is 0 Å². The number of furan rings is 1. The molecule has 280 valence electrons. The molecule has 0 N–H and O–H groups in total. The van der Waals surface area contributed by atoms with Gasteiger partial charge in [0, 0.05) is 38.8 Å². The van der Waals surface area contributed by atoms with Gasteiger partial charge in [0.2, 0.25) is 0 Å². The number of hydrogen-bond acceptors (Lipinski definition) is 2. The van der Waals surface area contributed by atoms with E-state index >= 15 is 0 Å². The first-order valence-electron chi connectivity index (χ1n) is 20.8. The van der Waals surface area contributed by atoms with Crippen molar-refractivity contribution in [3.05, 3.63) is 234 Å². The van der Waals surface area contributed by atoms with Crippen molar-refractivity contribution in [1.29, 1.82) is 0 Å². The molecule has 0 atom stereocenters. The molecule has 0 saturated heterocycles. The van der Waals surface area contributed by atoms with Gasteiger partial charge < -0.3 is 9.32 Å². The molecule has 0 aliphatic heterocycles. The van der Waals surface area contributed by atoms with Crippen LogP contribution in [0.5, 0.6) is 0 Å². The average molecular weight is 764 g/mol. The molecule has 0 saturated carbocycles. The van der Waals surface area contributed by atoms with Crippen molar-refractivity contribution >= 4 is 39.0 Å². The van der Waals surface area contributed by atoms with Crippen LogP contribution >= 0.6 is 0 Å². The molecule has 0 unspecified atom stereocenters. The summed E-state index contributed by atoms with van der Waals surface area (Å²) in [6.45, 7) is 4.72. The Labute approximate surface area is 349 Å². The lowest BCUT2D eigenvalue weighted by atomic mass is 9.70. The Morgan fingerprint density at radius 2 is 1.00 bits per heavy atom. The zero-order valence-corrected chi connectivity index (χ0v) is 33.3. The van der Waals surface area contributed by atoms with Crippen LogP contribution in [0.15, 0.2) is 192 Å². The van der Waals surface area contributed by atoms with Gasteiger partial charge in [0.05, 0.1) is 5.41 Å². The van der Waals surface area contributed by atoms with Crippen LogP contribution in [0.1, 0.15) is 47.2 Å². The van der Waals surface area contributed by atoms with E-state index in [-0.39, 0.29) is 5.41 Å². The molecule has 3 aliphatic rings. The maximum atomic E-state index is 6.79. The fourth-order valence-electron chi connectivity index (χ4n) is 11.1. The summed E-state index contributed by atoms with van der Waals surface area (Å²) in [4.78, 5) is 2.46. The van der Waals surface area contributed by atoms with E-state index in [4.69, 9.17) is 4.42 Å². The van der Waals surface area contributed by atoms with Crippen molar-refractivity contribution in [3.63, 3.8) is 0 Å². The lowest BCUT2D eigenvalue weighted by molar-refractivity contribution is 0.660. The van der Waals surface area contributed by atoms with Crippen molar-refractivity contribution in [3.8, 4) is 44.5 Å². The molecule has 0 bridgehead atoms. The summed E-state index contributed by atoms with van der Waals surface area (Å²) in [5.74, 6) is 0. The Hall–Kier alpha value is -7.60. The van der Waals surface area contributed by atoms with Gasteiger partial charge in [-0.1, -0.05) is 159 Å². The Morgan fingerprint density at radius 3 is 1.72 bits per heavy atom. The van der Waals surface area contributed by atoms with E-state index in [2.05, 4.69) is 213 Å². The summed E-state index contributed by atoms with van der Waals surface area (Å²) >= 11 is 0. The van der Waals surface area contributed by atoms with E-state index in [9.17, 15) is 0 Å². The molecule has 1 heterocycles. The monoisotopic (exact) mass is 763 g/mol. The van der Waals surface area contributed by atoms with E-state index < -0.39 is 5.41 Å². The molecule has 0 amide bonds. The van der Waals surface area contributed by atoms with E-state index in [0.29, 0.717) is 0 Å². The summed E-state index contributed by atoms with van der Waals surface area (Å²) in [6, 6.07) is 75.8. The van der Waals surface area contributed by atoms with Crippen molar-refractivity contribution in [2.75, 3.05) is 4.90 Å². The second kappa shape index (κ2) is 12.0. The zero-order valence-electron chi connectivity index (χ0n) is 33.3. The topological polar surface area (TPSA) is 16.4 Å². The molecule has 9 aromatic carbocycles. The highest BCUT2D eigenvalue weighted by molar-refractivity contribution is 6.13. The quantitative estimate of drug-likeness (QED) is 0.177. The highest BCUT2D eigenvalue weighted by Crippen LogP contribution is 2.65. The Balaban J connectivity index is 1.09. The number of anilines is 3. The van der Waals surface area contributed by atoms with Crippen molar-refractivity contribution < 1.29 is 4.42 Å².